The number of nitrogen functional groups attached to an aromatic ring is 1. The summed E-state index contributed by atoms with van der Waals surface area (Å²) < 4.78 is 14.7. The van der Waals surface area contributed by atoms with E-state index >= 15 is 0 Å². The van der Waals surface area contributed by atoms with Crippen LogP contribution in [0.25, 0.3) is 11.3 Å². The standard InChI is InChI=1S/C9H9FN4/c1-14-9(5-12-13-14)6-2-3-8(11)7(10)4-6/h2-5H,11H2,1H3. The summed E-state index contributed by atoms with van der Waals surface area (Å²) >= 11 is 0. The van der Waals surface area contributed by atoms with Crippen molar-refractivity contribution < 1.29 is 4.39 Å². The lowest BCUT2D eigenvalue weighted by atomic mass is 10.1. The molecule has 0 radical (unpaired) electrons. The molecule has 0 spiro atoms. The van der Waals surface area contributed by atoms with Gasteiger partial charge in [-0.25, -0.2) is 9.07 Å². The average molecular weight is 192 g/mol. The highest BCUT2D eigenvalue weighted by Crippen LogP contribution is 2.21. The van der Waals surface area contributed by atoms with Crippen molar-refractivity contribution in [2.24, 2.45) is 7.05 Å². The molecule has 0 aliphatic heterocycles. The van der Waals surface area contributed by atoms with Gasteiger partial charge in [0.25, 0.3) is 0 Å². The highest BCUT2D eigenvalue weighted by molar-refractivity contribution is 5.61. The summed E-state index contributed by atoms with van der Waals surface area (Å²) in [6, 6.07) is 4.63. The molecule has 5 heteroatoms. The Labute approximate surface area is 80.2 Å². The third kappa shape index (κ3) is 1.32. The van der Waals surface area contributed by atoms with Gasteiger partial charge in [-0.2, -0.15) is 0 Å². The van der Waals surface area contributed by atoms with E-state index in [0.717, 1.165) is 5.69 Å². The first-order valence-corrected chi connectivity index (χ1v) is 4.08. The van der Waals surface area contributed by atoms with Gasteiger partial charge in [0, 0.05) is 12.6 Å². The molecule has 2 aromatic rings. The zero-order valence-electron chi connectivity index (χ0n) is 7.61. The second-order valence-electron chi connectivity index (χ2n) is 2.98. The molecule has 0 fully saturated rings. The minimum absolute atomic E-state index is 0.142. The first-order valence-electron chi connectivity index (χ1n) is 4.08. The predicted molar refractivity (Wildman–Crippen MR) is 50.8 cm³/mol. The molecule has 0 unspecified atom stereocenters. The van der Waals surface area contributed by atoms with Gasteiger partial charge in [-0.3, -0.25) is 0 Å². The second-order valence-corrected chi connectivity index (χ2v) is 2.98. The summed E-state index contributed by atoms with van der Waals surface area (Å²) in [5.74, 6) is -0.427. The van der Waals surface area contributed by atoms with E-state index in [1.165, 1.54) is 12.1 Å². The van der Waals surface area contributed by atoms with Gasteiger partial charge in [-0.05, 0) is 12.1 Å². The summed E-state index contributed by atoms with van der Waals surface area (Å²) in [4.78, 5) is 0. The lowest BCUT2D eigenvalue weighted by Crippen LogP contribution is -1.95. The van der Waals surface area contributed by atoms with Crippen LogP contribution in [-0.2, 0) is 7.05 Å². The molecule has 2 N–H and O–H groups in total. The monoisotopic (exact) mass is 192 g/mol. The number of hydrogen-bond donors (Lipinski definition) is 1. The number of anilines is 1. The SMILES string of the molecule is Cn1nncc1-c1ccc(N)c(F)c1. The second kappa shape index (κ2) is 3.10. The van der Waals surface area contributed by atoms with Gasteiger partial charge in [-0.15, -0.1) is 5.10 Å². The molecule has 0 amide bonds. The van der Waals surface area contributed by atoms with E-state index in [9.17, 15) is 4.39 Å². The lowest BCUT2D eigenvalue weighted by Gasteiger charge is -2.02. The van der Waals surface area contributed by atoms with Crippen molar-refractivity contribution in [2.75, 3.05) is 5.73 Å². The molecule has 0 bridgehead atoms. The Hall–Kier alpha value is -1.91. The summed E-state index contributed by atoms with van der Waals surface area (Å²) in [7, 11) is 1.75. The first-order chi connectivity index (χ1) is 6.68. The molecule has 0 aliphatic rings. The van der Waals surface area contributed by atoms with Gasteiger partial charge in [0.05, 0.1) is 17.6 Å². The fourth-order valence-electron chi connectivity index (χ4n) is 1.24. The Morgan fingerprint density at radius 3 is 2.79 bits per heavy atom. The summed E-state index contributed by atoms with van der Waals surface area (Å²) in [5.41, 5.74) is 6.98. The molecule has 0 aliphatic carbocycles. The minimum Gasteiger partial charge on any atom is -0.396 e. The molecule has 72 valence electrons. The van der Waals surface area contributed by atoms with Crippen LogP contribution in [0.3, 0.4) is 0 Å². The zero-order valence-corrected chi connectivity index (χ0v) is 7.61. The largest absolute Gasteiger partial charge is 0.396 e. The van der Waals surface area contributed by atoms with Crippen molar-refractivity contribution in [2.45, 2.75) is 0 Å². The van der Waals surface area contributed by atoms with Crippen LogP contribution in [0.4, 0.5) is 10.1 Å². The van der Waals surface area contributed by atoms with Crippen molar-refractivity contribution in [3.8, 4) is 11.3 Å². The van der Waals surface area contributed by atoms with E-state index in [2.05, 4.69) is 10.3 Å². The van der Waals surface area contributed by atoms with Crippen LogP contribution in [0.2, 0.25) is 0 Å². The quantitative estimate of drug-likeness (QED) is 0.691. The molecule has 1 aromatic carbocycles. The molecule has 0 saturated carbocycles. The lowest BCUT2D eigenvalue weighted by molar-refractivity contribution is 0.632. The third-order valence-corrected chi connectivity index (χ3v) is 2.01. The molecule has 0 atom stereocenters. The molecule has 0 saturated heterocycles. The van der Waals surface area contributed by atoms with Crippen molar-refractivity contribution >= 4 is 5.69 Å². The van der Waals surface area contributed by atoms with Gasteiger partial charge in [0.2, 0.25) is 0 Å². The van der Waals surface area contributed by atoms with Gasteiger partial charge in [0.1, 0.15) is 5.82 Å². The van der Waals surface area contributed by atoms with Crippen molar-refractivity contribution in [3.63, 3.8) is 0 Å². The summed E-state index contributed by atoms with van der Waals surface area (Å²) in [6.45, 7) is 0. The van der Waals surface area contributed by atoms with E-state index in [-0.39, 0.29) is 5.69 Å². The predicted octanol–water partition coefficient (Wildman–Crippen LogP) is 1.20. The van der Waals surface area contributed by atoms with E-state index in [1.807, 2.05) is 0 Å². The Balaban J connectivity index is 2.53. The van der Waals surface area contributed by atoms with E-state index in [1.54, 1.807) is 24.0 Å². The Kier molecular flexibility index (Phi) is 1.92. The van der Waals surface area contributed by atoms with Gasteiger partial charge in [0.15, 0.2) is 0 Å². The number of aryl methyl sites for hydroxylation is 1. The number of nitrogens with zero attached hydrogens (tertiary/aromatic N) is 3. The highest BCUT2D eigenvalue weighted by atomic mass is 19.1. The molecule has 4 nitrogen and oxygen atoms in total. The Bertz CT molecular complexity index is 464. The third-order valence-electron chi connectivity index (χ3n) is 2.01. The topological polar surface area (TPSA) is 56.7 Å². The van der Waals surface area contributed by atoms with Crippen LogP contribution in [0.15, 0.2) is 24.4 Å². The maximum Gasteiger partial charge on any atom is 0.146 e. The van der Waals surface area contributed by atoms with Crippen LogP contribution in [-0.4, -0.2) is 15.0 Å². The molecule has 1 heterocycles. The number of aromatic nitrogens is 3. The first kappa shape index (κ1) is 8.68. The average Bonchev–Trinajstić information content (AvgIpc) is 2.57. The Morgan fingerprint density at radius 2 is 2.21 bits per heavy atom. The number of rotatable bonds is 1. The van der Waals surface area contributed by atoms with Crippen molar-refractivity contribution in [1.29, 1.82) is 0 Å². The van der Waals surface area contributed by atoms with Crippen LogP contribution < -0.4 is 5.73 Å². The Morgan fingerprint density at radius 1 is 1.43 bits per heavy atom. The summed E-state index contributed by atoms with van der Waals surface area (Å²) in [5, 5.41) is 7.47. The highest BCUT2D eigenvalue weighted by Gasteiger charge is 2.05. The van der Waals surface area contributed by atoms with E-state index < -0.39 is 5.82 Å². The van der Waals surface area contributed by atoms with Gasteiger partial charge in [-0.1, -0.05) is 11.3 Å². The number of hydrogen-bond acceptors (Lipinski definition) is 3. The normalized spacial score (nSPS) is 10.4. The smallest absolute Gasteiger partial charge is 0.146 e. The minimum atomic E-state index is -0.427. The summed E-state index contributed by atoms with van der Waals surface area (Å²) in [6.07, 6.45) is 1.57. The number of nitrogens with two attached hydrogens (primary N) is 1. The fraction of sp³-hybridized carbons (Fsp3) is 0.111. The van der Waals surface area contributed by atoms with Crippen LogP contribution in [0.5, 0.6) is 0 Å². The maximum absolute atomic E-state index is 13.1. The molecular weight excluding hydrogens is 183 g/mol. The van der Waals surface area contributed by atoms with Crippen molar-refractivity contribution in [3.05, 3.63) is 30.2 Å². The van der Waals surface area contributed by atoms with Gasteiger partial charge < -0.3 is 5.73 Å². The molecule has 2 rings (SSSR count). The van der Waals surface area contributed by atoms with E-state index in [4.69, 9.17) is 5.73 Å². The van der Waals surface area contributed by atoms with Gasteiger partial charge >= 0.3 is 0 Å². The molecular formula is C9H9FN4. The zero-order chi connectivity index (χ0) is 10.1. The van der Waals surface area contributed by atoms with Crippen molar-refractivity contribution in [1.82, 2.24) is 15.0 Å². The van der Waals surface area contributed by atoms with Crippen LogP contribution in [0.1, 0.15) is 0 Å². The van der Waals surface area contributed by atoms with E-state index in [0.29, 0.717) is 5.56 Å². The van der Waals surface area contributed by atoms with Crippen LogP contribution in [0, 0.1) is 5.82 Å². The maximum atomic E-state index is 13.1. The number of halogens is 1. The molecule has 1 aromatic heterocycles. The molecule has 14 heavy (non-hydrogen) atoms. The van der Waals surface area contributed by atoms with Crippen LogP contribution >= 0.6 is 0 Å². The fourth-order valence-corrected chi connectivity index (χ4v) is 1.24. The number of benzene rings is 1.